The summed E-state index contributed by atoms with van der Waals surface area (Å²) >= 11 is 1.55. The molecule has 0 radical (unpaired) electrons. The molecule has 1 amide bonds. The highest BCUT2D eigenvalue weighted by molar-refractivity contribution is 7.07. The van der Waals surface area contributed by atoms with E-state index in [-0.39, 0.29) is 11.9 Å². The summed E-state index contributed by atoms with van der Waals surface area (Å²) < 4.78 is 5.81. The number of carbonyl (C=O) groups excluding carboxylic acids is 1. The van der Waals surface area contributed by atoms with Gasteiger partial charge >= 0.3 is 0 Å². The van der Waals surface area contributed by atoms with Gasteiger partial charge in [0.2, 0.25) is 0 Å². The number of benzene rings is 1. The van der Waals surface area contributed by atoms with Crippen molar-refractivity contribution in [2.45, 2.75) is 31.9 Å². The number of thiazole rings is 1. The van der Waals surface area contributed by atoms with Crippen LogP contribution in [0.1, 0.15) is 34.6 Å². The van der Waals surface area contributed by atoms with E-state index in [4.69, 9.17) is 4.74 Å². The largest absolute Gasteiger partial charge is 0.487 e. The second kappa shape index (κ2) is 10.5. The molecule has 1 fully saturated rings. The molecule has 1 aromatic carbocycles. The van der Waals surface area contributed by atoms with Crippen molar-refractivity contribution in [3.8, 4) is 5.75 Å². The molecule has 162 valence electrons. The third kappa shape index (κ3) is 5.89. The van der Waals surface area contributed by atoms with Crippen molar-refractivity contribution in [1.82, 2.24) is 19.8 Å². The number of pyridine rings is 1. The van der Waals surface area contributed by atoms with Crippen LogP contribution in [0.3, 0.4) is 0 Å². The van der Waals surface area contributed by atoms with E-state index in [0.717, 1.165) is 50.3 Å². The lowest BCUT2D eigenvalue weighted by atomic mass is 10.0. The summed E-state index contributed by atoms with van der Waals surface area (Å²) in [4.78, 5) is 26.1. The molecular formula is C24H28N4O2S. The van der Waals surface area contributed by atoms with Gasteiger partial charge in [-0.3, -0.25) is 9.78 Å². The summed E-state index contributed by atoms with van der Waals surface area (Å²) in [5.74, 6) is 0.739. The molecule has 31 heavy (non-hydrogen) atoms. The van der Waals surface area contributed by atoms with Crippen molar-refractivity contribution in [3.63, 3.8) is 0 Å². The highest BCUT2D eigenvalue weighted by atomic mass is 32.1. The Morgan fingerprint density at radius 1 is 1.16 bits per heavy atom. The van der Waals surface area contributed by atoms with Gasteiger partial charge in [0.05, 0.1) is 11.2 Å². The van der Waals surface area contributed by atoms with Gasteiger partial charge in [-0.15, -0.1) is 11.3 Å². The predicted octanol–water partition coefficient (Wildman–Crippen LogP) is 3.90. The zero-order valence-electron chi connectivity index (χ0n) is 17.8. The van der Waals surface area contributed by atoms with Gasteiger partial charge in [-0.05, 0) is 43.2 Å². The summed E-state index contributed by atoms with van der Waals surface area (Å²) in [6.07, 6.45) is 4.80. The number of hydrogen-bond donors (Lipinski definition) is 0. The lowest BCUT2D eigenvalue weighted by molar-refractivity contribution is 0.0643. The van der Waals surface area contributed by atoms with Crippen LogP contribution in [0.2, 0.25) is 0 Å². The molecule has 0 bridgehead atoms. The molecule has 3 aromatic rings. The maximum atomic E-state index is 13.1. The Morgan fingerprint density at radius 2 is 2.03 bits per heavy atom. The third-order valence-corrected chi connectivity index (χ3v) is 6.42. The van der Waals surface area contributed by atoms with Gasteiger partial charge in [0.25, 0.3) is 5.91 Å². The van der Waals surface area contributed by atoms with Gasteiger partial charge in [0, 0.05) is 62.0 Å². The molecule has 0 saturated carbocycles. The Morgan fingerprint density at radius 3 is 2.77 bits per heavy atom. The van der Waals surface area contributed by atoms with E-state index < -0.39 is 0 Å². The molecule has 7 heteroatoms. The molecule has 0 spiro atoms. The standard InChI is InChI=1S/C24H28N4O2S/c1-27(22-9-13-28(14-10-22)12-8-20-6-2-3-11-25-20)24(29)19-5-4-7-23(15-19)30-16-21-17-31-18-26-21/h2-7,11,15,17-18,22H,8-10,12-14,16H2,1H3. The third-order valence-electron chi connectivity index (χ3n) is 5.79. The predicted molar refractivity (Wildman–Crippen MR) is 122 cm³/mol. The fourth-order valence-corrected chi connectivity index (χ4v) is 4.45. The monoisotopic (exact) mass is 436 g/mol. The molecule has 0 atom stereocenters. The fourth-order valence-electron chi connectivity index (χ4n) is 3.90. The second-order valence-electron chi connectivity index (χ2n) is 7.86. The average molecular weight is 437 g/mol. The van der Waals surface area contributed by atoms with Crippen molar-refractivity contribution < 1.29 is 9.53 Å². The molecule has 6 nitrogen and oxygen atoms in total. The Hall–Kier alpha value is -2.77. The van der Waals surface area contributed by atoms with E-state index in [0.29, 0.717) is 17.9 Å². The van der Waals surface area contributed by atoms with Gasteiger partial charge in [-0.1, -0.05) is 12.1 Å². The zero-order valence-corrected chi connectivity index (χ0v) is 18.6. The van der Waals surface area contributed by atoms with E-state index in [2.05, 4.69) is 20.9 Å². The fraction of sp³-hybridized carbons (Fsp3) is 0.375. The van der Waals surface area contributed by atoms with Gasteiger partial charge in [-0.25, -0.2) is 4.98 Å². The summed E-state index contributed by atoms with van der Waals surface area (Å²) in [6, 6.07) is 13.8. The lowest BCUT2D eigenvalue weighted by Gasteiger charge is -2.36. The number of hydrogen-bond acceptors (Lipinski definition) is 6. The first-order chi connectivity index (χ1) is 15.2. The van der Waals surface area contributed by atoms with Crippen LogP contribution in [-0.4, -0.2) is 58.4 Å². The molecule has 0 aliphatic carbocycles. The topological polar surface area (TPSA) is 58.6 Å². The first-order valence-corrected chi connectivity index (χ1v) is 11.6. The minimum Gasteiger partial charge on any atom is -0.487 e. The van der Waals surface area contributed by atoms with Crippen LogP contribution in [0.4, 0.5) is 0 Å². The molecule has 3 heterocycles. The first kappa shape index (κ1) is 21.5. The van der Waals surface area contributed by atoms with Crippen molar-refractivity contribution >= 4 is 17.2 Å². The number of ether oxygens (including phenoxy) is 1. The van der Waals surface area contributed by atoms with Crippen LogP contribution in [0.5, 0.6) is 5.75 Å². The quantitative estimate of drug-likeness (QED) is 0.536. The van der Waals surface area contributed by atoms with E-state index in [1.54, 1.807) is 16.8 Å². The maximum Gasteiger partial charge on any atom is 0.253 e. The van der Waals surface area contributed by atoms with Gasteiger partial charge in [0.1, 0.15) is 12.4 Å². The molecule has 2 aromatic heterocycles. The van der Waals surface area contributed by atoms with E-state index in [9.17, 15) is 4.79 Å². The SMILES string of the molecule is CN(C(=O)c1cccc(OCc2cscn2)c1)C1CCN(CCc2ccccn2)CC1. The van der Waals surface area contributed by atoms with Gasteiger partial charge < -0.3 is 14.5 Å². The van der Waals surface area contributed by atoms with Crippen LogP contribution >= 0.6 is 11.3 Å². The van der Waals surface area contributed by atoms with Crippen molar-refractivity contribution in [2.24, 2.45) is 0 Å². The molecule has 4 rings (SSSR count). The molecule has 0 unspecified atom stereocenters. The normalized spacial score (nSPS) is 15.0. The van der Waals surface area contributed by atoms with Gasteiger partial charge in [-0.2, -0.15) is 0 Å². The molecule has 0 N–H and O–H groups in total. The van der Waals surface area contributed by atoms with Crippen LogP contribution in [-0.2, 0) is 13.0 Å². The summed E-state index contributed by atoms with van der Waals surface area (Å²) in [7, 11) is 1.92. The Balaban J connectivity index is 1.27. The number of piperidine rings is 1. The summed E-state index contributed by atoms with van der Waals surface area (Å²) in [6.45, 7) is 3.44. The maximum absolute atomic E-state index is 13.1. The summed E-state index contributed by atoms with van der Waals surface area (Å²) in [5, 5.41) is 1.96. The van der Waals surface area contributed by atoms with E-state index in [1.165, 1.54) is 0 Å². The number of aromatic nitrogens is 2. The van der Waals surface area contributed by atoms with Crippen LogP contribution in [0.25, 0.3) is 0 Å². The molecule has 1 aliphatic rings. The highest BCUT2D eigenvalue weighted by Gasteiger charge is 2.26. The Kier molecular flexibility index (Phi) is 7.27. The smallest absolute Gasteiger partial charge is 0.253 e. The van der Waals surface area contributed by atoms with Crippen molar-refractivity contribution in [1.29, 1.82) is 0 Å². The number of rotatable bonds is 8. The van der Waals surface area contributed by atoms with Crippen LogP contribution < -0.4 is 4.74 Å². The Bertz CT molecular complexity index is 957. The zero-order chi connectivity index (χ0) is 21.5. The van der Waals surface area contributed by atoms with E-state index in [1.807, 2.05) is 59.9 Å². The number of nitrogens with zero attached hydrogens (tertiary/aromatic N) is 4. The molecule has 1 saturated heterocycles. The van der Waals surface area contributed by atoms with Crippen LogP contribution in [0, 0.1) is 0 Å². The highest BCUT2D eigenvalue weighted by Crippen LogP contribution is 2.21. The van der Waals surface area contributed by atoms with Gasteiger partial charge in [0.15, 0.2) is 0 Å². The van der Waals surface area contributed by atoms with Crippen LogP contribution in [0.15, 0.2) is 59.6 Å². The first-order valence-electron chi connectivity index (χ1n) is 10.7. The minimum absolute atomic E-state index is 0.0473. The number of carbonyl (C=O) groups is 1. The lowest BCUT2D eigenvalue weighted by Crippen LogP contribution is -2.46. The molecule has 1 aliphatic heterocycles. The Labute approximate surface area is 187 Å². The van der Waals surface area contributed by atoms with E-state index >= 15 is 0 Å². The minimum atomic E-state index is 0.0473. The number of amides is 1. The average Bonchev–Trinajstić information content (AvgIpc) is 3.35. The summed E-state index contributed by atoms with van der Waals surface area (Å²) in [5.41, 5.74) is 4.48. The number of likely N-dealkylation sites (tertiary alicyclic amines) is 1. The second-order valence-corrected chi connectivity index (χ2v) is 8.57. The van der Waals surface area contributed by atoms with Crippen molar-refractivity contribution in [3.05, 3.63) is 76.5 Å². The van der Waals surface area contributed by atoms with Crippen molar-refractivity contribution in [2.75, 3.05) is 26.7 Å². The molecular weight excluding hydrogens is 408 g/mol.